The third-order valence-corrected chi connectivity index (χ3v) is 5.94. The predicted octanol–water partition coefficient (Wildman–Crippen LogP) is 4.41. The molecule has 2 aromatic heterocycles. The number of fused-ring (bicyclic) bond motifs is 3. The molecule has 0 radical (unpaired) electrons. The Balaban J connectivity index is 1.50. The van der Waals surface area contributed by atoms with E-state index in [-0.39, 0.29) is 6.04 Å². The molecule has 0 amide bonds. The van der Waals surface area contributed by atoms with Crippen molar-refractivity contribution in [2.45, 2.75) is 25.4 Å². The van der Waals surface area contributed by atoms with E-state index in [9.17, 15) is 0 Å². The first-order valence-corrected chi connectivity index (χ1v) is 10.3. The highest BCUT2D eigenvalue weighted by molar-refractivity contribution is 5.85. The highest BCUT2D eigenvalue weighted by atomic mass is 16.5. The van der Waals surface area contributed by atoms with Crippen LogP contribution in [-0.2, 0) is 13.0 Å². The highest BCUT2D eigenvalue weighted by Gasteiger charge is 2.31. The predicted molar refractivity (Wildman–Crippen MR) is 115 cm³/mol. The van der Waals surface area contributed by atoms with Gasteiger partial charge < -0.3 is 9.72 Å². The maximum Gasteiger partial charge on any atom is 0.119 e. The molecule has 5 heteroatoms. The van der Waals surface area contributed by atoms with Crippen molar-refractivity contribution in [3.8, 4) is 5.75 Å². The molecule has 0 fully saturated rings. The molecule has 148 valence electrons. The molecule has 1 atom stereocenters. The van der Waals surface area contributed by atoms with Crippen molar-refractivity contribution in [2.75, 3.05) is 20.2 Å². The topological polar surface area (TPSA) is 46.1 Å². The first-order valence-electron chi connectivity index (χ1n) is 10.3. The summed E-state index contributed by atoms with van der Waals surface area (Å²) < 4.78 is 7.53. The number of hydrogen-bond acceptors (Lipinski definition) is 3. The van der Waals surface area contributed by atoms with Crippen molar-refractivity contribution in [3.05, 3.63) is 83.8 Å². The molecule has 0 unspecified atom stereocenters. The van der Waals surface area contributed by atoms with Crippen molar-refractivity contribution in [1.29, 1.82) is 0 Å². The van der Waals surface area contributed by atoms with Gasteiger partial charge in [0.2, 0.25) is 0 Å². The van der Waals surface area contributed by atoms with Gasteiger partial charge in [-0.1, -0.05) is 30.3 Å². The fraction of sp³-hybridized carbons (Fsp3) is 0.292. The van der Waals surface area contributed by atoms with Gasteiger partial charge in [-0.2, -0.15) is 5.10 Å². The van der Waals surface area contributed by atoms with Crippen molar-refractivity contribution < 1.29 is 4.74 Å². The lowest BCUT2D eigenvalue weighted by atomic mass is 9.92. The lowest BCUT2D eigenvalue weighted by Gasteiger charge is -2.36. The van der Waals surface area contributed by atoms with E-state index in [2.05, 4.69) is 57.4 Å². The Kier molecular flexibility index (Phi) is 4.82. The van der Waals surface area contributed by atoms with Crippen LogP contribution in [0.5, 0.6) is 5.75 Å². The van der Waals surface area contributed by atoms with Crippen LogP contribution >= 0.6 is 0 Å². The summed E-state index contributed by atoms with van der Waals surface area (Å²) in [7, 11) is 1.73. The molecule has 5 nitrogen and oxygen atoms in total. The number of nitrogens with zero attached hydrogens (tertiary/aromatic N) is 3. The van der Waals surface area contributed by atoms with E-state index < -0.39 is 0 Å². The van der Waals surface area contributed by atoms with Crippen LogP contribution in [0.2, 0.25) is 0 Å². The van der Waals surface area contributed by atoms with Crippen molar-refractivity contribution in [1.82, 2.24) is 19.7 Å². The summed E-state index contributed by atoms with van der Waals surface area (Å²) in [5.41, 5.74) is 5.28. The zero-order chi connectivity index (χ0) is 19.6. The van der Waals surface area contributed by atoms with Crippen LogP contribution in [-0.4, -0.2) is 39.9 Å². The van der Waals surface area contributed by atoms with Gasteiger partial charge >= 0.3 is 0 Å². The van der Waals surface area contributed by atoms with Gasteiger partial charge in [0.25, 0.3) is 0 Å². The van der Waals surface area contributed by atoms with E-state index in [1.165, 1.54) is 27.7 Å². The molecule has 1 aliphatic rings. The Hall–Kier alpha value is -3.05. The third-order valence-electron chi connectivity index (χ3n) is 5.94. The maximum atomic E-state index is 5.52. The number of methoxy groups -OCH3 is 1. The van der Waals surface area contributed by atoms with Gasteiger partial charge in [0.1, 0.15) is 5.75 Å². The number of ether oxygens (including phenoxy) is 1. The Morgan fingerprint density at radius 3 is 2.90 bits per heavy atom. The molecule has 2 aromatic carbocycles. The molecule has 1 N–H and O–H groups in total. The van der Waals surface area contributed by atoms with Crippen LogP contribution in [0.15, 0.2) is 67.0 Å². The smallest absolute Gasteiger partial charge is 0.119 e. The zero-order valence-corrected chi connectivity index (χ0v) is 16.7. The summed E-state index contributed by atoms with van der Waals surface area (Å²) in [4.78, 5) is 6.33. The van der Waals surface area contributed by atoms with Gasteiger partial charge in [0.15, 0.2) is 0 Å². The van der Waals surface area contributed by atoms with Crippen LogP contribution in [0, 0.1) is 0 Å². The lowest BCUT2D eigenvalue weighted by molar-refractivity contribution is 0.203. The van der Waals surface area contributed by atoms with Crippen LogP contribution in [0.1, 0.15) is 29.3 Å². The molecule has 0 saturated heterocycles. The largest absolute Gasteiger partial charge is 0.497 e. The van der Waals surface area contributed by atoms with Crippen LogP contribution in [0.3, 0.4) is 0 Å². The number of nitrogens with one attached hydrogen (secondary N) is 1. The molecule has 0 aliphatic carbocycles. The first-order chi connectivity index (χ1) is 14.3. The minimum Gasteiger partial charge on any atom is -0.497 e. The average molecular weight is 386 g/mol. The molecule has 0 bridgehead atoms. The second-order valence-electron chi connectivity index (χ2n) is 7.65. The van der Waals surface area contributed by atoms with Gasteiger partial charge in [-0.05, 0) is 48.2 Å². The highest BCUT2D eigenvalue weighted by Crippen LogP contribution is 2.39. The Morgan fingerprint density at radius 1 is 1.10 bits per heavy atom. The van der Waals surface area contributed by atoms with E-state index in [0.717, 1.165) is 38.2 Å². The Bertz CT molecular complexity index is 1100. The number of aryl methyl sites for hydroxylation is 1. The number of hydrogen-bond donors (Lipinski definition) is 1. The normalized spacial score (nSPS) is 16.8. The van der Waals surface area contributed by atoms with Crippen molar-refractivity contribution >= 4 is 10.9 Å². The summed E-state index contributed by atoms with van der Waals surface area (Å²) in [5.74, 6) is 0.905. The minimum atomic E-state index is 0.207. The molecule has 29 heavy (non-hydrogen) atoms. The SMILES string of the molecule is COc1cccc([C@@H]2c3[nH]c4ccccc4c3CCN2CCCn2cccn2)c1. The third kappa shape index (κ3) is 3.42. The van der Waals surface area contributed by atoms with Crippen LogP contribution in [0.25, 0.3) is 10.9 Å². The van der Waals surface area contributed by atoms with E-state index >= 15 is 0 Å². The summed E-state index contributed by atoms with van der Waals surface area (Å²) in [6.45, 7) is 3.01. The Labute approximate surface area is 170 Å². The van der Waals surface area contributed by atoms with E-state index in [0.29, 0.717) is 0 Å². The summed E-state index contributed by atoms with van der Waals surface area (Å²) >= 11 is 0. The van der Waals surface area contributed by atoms with Gasteiger partial charge in [-0.25, -0.2) is 0 Å². The number of aromatic nitrogens is 3. The van der Waals surface area contributed by atoms with Gasteiger partial charge in [-0.15, -0.1) is 0 Å². The van der Waals surface area contributed by atoms with Gasteiger partial charge in [-0.3, -0.25) is 9.58 Å². The molecular formula is C24H26N4O. The van der Waals surface area contributed by atoms with E-state index in [1.807, 2.05) is 29.2 Å². The fourth-order valence-electron chi connectivity index (χ4n) is 4.59. The summed E-state index contributed by atoms with van der Waals surface area (Å²) in [6, 6.07) is 19.3. The average Bonchev–Trinajstić information content (AvgIpc) is 3.41. The van der Waals surface area contributed by atoms with Crippen LogP contribution < -0.4 is 4.74 Å². The maximum absolute atomic E-state index is 5.52. The quantitative estimate of drug-likeness (QED) is 0.534. The molecule has 3 heterocycles. The second kappa shape index (κ2) is 7.76. The number of rotatable bonds is 6. The van der Waals surface area contributed by atoms with E-state index in [1.54, 1.807) is 7.11 Å². The van der Waals surface area contributed by atoms with Crippen LogP contribution in [0.4, 0.5) is 0 Å². The zero-order valence-electron chi connectivity index (χ0n) is 16.7. The molecule has 1 aliphatic heterocycles. The molecule has 4 aromatic rings. The first kappa shape index (κ1) is 18.0. The number of para-hydroxylation sites is 1. The minimum absolute atomic E-state index is 0.207. The molecule has 5 rings (SSSR count). The molecular weight excluding hydrogens is 360 g/mol. The lowest BCUT2D eigenvalue weighted by Crippen LogP contribution is -2.37. The monoisotopic (exact) mass is 386 g/mol. The van der Waals surface area contributed by atoms with Gasteiger partial charge in [0.05, 0.1) is 13.2 Å². The number of H-pyrrole nitrogens is 1. The van der Waals surface area contributed by atoms with Gasteiger partial charge in [0, 0.05) is 48.6 Å². The molecule has 0 spiro atoms. The van der Waals surface area contributed by atoms with E-state index in [4.69, 9.17) is 4.74 Å². The Morgan fingerprint density at radius 2 is 2.03 bits per heavy atom. The number of benzene rings is 2. The second-order valence-corrected chi connectivity index (χ2v) is 7.65. The fourth-order valence-corrected chi connectivity index (χ4v) is 4.59. The number of aromatic amines is 1. The van der Waals surface area contributed by atoms with Crippen molar-refractivity contribution in [3.63, 3.8) is 0 Å². The summed E-state index contributed by atoms with van der Waals surface area (Å²) in [5, 5.41) is 5.69. The molecule has 0 saturated carbocycles. The standard InChI is InChI=1S/C24H26N4O/c1-29-19-8-4-7-18(17-19)24-23-21(20-9-2-3-10-22(20)26-23)11-16-27(24)13-6-15-28-14-5-12-25-28/h2-5,7-10,12,14,17,24,26H,6,11,13,15-16H2,1H3/t24-/m1/s1. The van der Waals surface area contributed by atoms with Crippen molar-refractivity contribution in [2.24, 2.45) is 0 Å². The summed E-state index contributed by atoms with van der Waals surface area (Å²) in [6.07, 6.45) is 6.02.